The predicted molar refractivity (Wildman–Crippen MR) is 104 cm³/mol. The molecule has 0 saturated heterocycles. The zero-order valence-electron chi connectivity index (χ0n) is 14.3. The lowest BCUT2D eigenvalue weighted by Crippen LogP contribution is -2.22. The topological polar surface area (TPSA) is 131 Å². The van der Waals surface area contributed by atoms with Gasteiger partial charge in [0.1, 0.15) is 0 Å². The highest BCUT2D eigenvalue weighted by molar-refractivity contribution is 6.39. The third-order valence-corrected chi connectivity index (χ3v) is 4.05. The lowest BCUT2D eigenvalue weighted by molar-refractivity contribution is -0.384. The first kappa shape index (κ1) is 21.4. The Labute approximate surface area is 169 Å². The minimum absolute atomic E-state index is 0.115. The number of rotatable bonds is 8. The summed E-state index contributed by atoms with van der Waals surface area (Å²) in [6.07, 6.45) is 0. The number of hydrogen-bond acceptors (Lipinski definition) is 7. The molecule has 0 aliphatic carbocycles. The van der Waals surface area contributed by atoms with E-state index in [1.165, 1.54) is 24.3 Å². The summed E-state index contributed by atoms with van der Waals surface area (Å²) >= 11 is 11.9. The quantitative estimate of drug-likeness (QED) is 0.335. The number of aliphatic hydroxyl groups excluding tert-OH is 1. The number of para-hydroxylation sites is 1. The fraction of sp³-hybridized carbons (Fsp3) is 0.176. The number of nitrogens with one attached hydrogen (secondary N) is 2. The van der Waals surface area contributed by atoms with Crippen molar-refractivity contribution in [3.05, 3.63) is 62.1 Å². The van der Waals surface area contributed by atoms with Gasteiger partial charge in [-0.1, -0.05) is 29.3 Å². The van der Waals surface area contributed by atoms with Crippen LogP contribution in [0, 0.1) is 10.1 Å². The number of nitro benzene ring substituents is 1. The number of carbonyl (C=O) groups excluding carboxylic acids is 2. The van der Waals surface area contributed by atoms with E-state index >= 15 is 0 Å². The van der Waals surface area contributed by atoms with E-state index in [0.29, 0.717) is 0 Å². The third-order valence-electron chi connectivity index (χ3n) is 3.42. The minimum Gasteiger partial charge on any atom is -0.452 e. The van der Waals surface area contributed by atoms with Gasteiger partial charge in [0.15, 0.2) is 6.61 Å². The molecule has 0 unspecified atom stereocenters. The zero-order valence-corrected chi connectivity index (χ0v) is 15.8. The molecule has 3 N–H and O–H groups in total. The normalized spacial score (nSPS) is 10.2. The molecule has 0 fully saturated rings. The fourth-order valence-electron chi connectivity index (χ4n) is 2.16. The van der Waals surface area contributed by atoms with Crippen molar-refractivity contribution in [1.82, 2.24) is 0 Å². The summed E-state index contributed by atoms with van der Waals surface area (Å²) in [6.45, 7) is -0.765. The molecule has 0 radical (unpaired) electrons. The van der Waals surface area contributed by atoms with E-state index in [4.69, 9.17) is 33.0 Å². The Bertz CT molecular complexity index is 886. The van der Waals surface area contributed by atoms with E-state index in [2.05, 4.69) is 10.6 Å². The van der Waals surface area contributed by atoms with Crippen LogP contribution in [0.5, 0.6) is 0 Å². The van der Waals surface area contributed by atoms with Crippen LogP contribution in [0.15, 0.2) is 36.4 Å². The van der Waals surface area contributed by atoms with Crippen LogP contribution >= 0.6 is 23.2 Å². The fourth-order valence-corrected chi connectivity index (χ4v) is 2.65. The van der Waals surface area contributed by atoms with Crippen molar-refractivity contribution in [2.24, 2.45) is 0 Å². The molecule has 1 amide bonds. The van der Waals surface area contributed by atoms with Gasteiger partial charge in [-0.15, -0.1) is 0 Å². The first-order valence-corrected chi connectivity index (χ1v) is 8.63. The number of hydrogen-bond donors (Lipinski definition) is 3. The van der Waals surface area contributed by atoms with E-state index in [0.717, 1.165) is 6.07 Å². The number of nitro groups is 1. The number of esters is 1. The monoisotopic (exact) mass is 427 g/mol. The van der Waals surface area contributed by atoms with Gasteiger partial charge in [-0.2, -0.15) is 0 Å². The van der Waals surface area contributed by atoms with Crippen molar-refractivity contribution in [2.45, 2.75) is 0 Å². The zero-order chi connectivity index (χ0) is 20.7. The second-order valence-corrected chi connectivity index (χ2v) is 6.17. The SMILES string of the molecule is O=C(COC(=O)c1cc([N+](=O)[O-])ccc1NCCO)Nc1c(Cl)cccc1Cl. The molecular weight excluding hydrogens is 413 g/mol. The number of aliphatic hydroxyl groups is 1. The van der Waals surface area contributed by atoms with Crippen molar-refractivity contribution >= 4 is 52.1 Å². The van der Waals surface area contributed by atoms with Crippen LogP contribution < -0.4 is 10.6 Å². The molecule has 11 heteroatoms. The van der Waals surface area contributed by atoms with Crippen molar-refractivity contribution < 1.29 is 24.4 Å². The summed E-state index contributed by atoms with van der Waals surface area (Å²) in [5, 5.41) is 25.4. The van der Waals surface area contributed by atoms with Crippen molar-refractivity contribution in [2.75, 3.05) is 30.4 Å². The van der Waals surface area contributed by atoms with Gasteiger partial charge in [0, 0.05) is 24.4 Å². The first-order chi connectivity index (χ1) is 13.3. The summed E-state index contributed by atoms with van der Waals surface area (Å²) in [7, 11) is 0. The lowest BCUT2D eigenvalue weighted by Gasteiger charge is -2.12. The highest BCUT2D eigenvalue weighted by Crippen LogP contribution is 2.29. The van der Waals surface area contributed by atoms with E-state index in [1.54, 1.807) is 6.07 Å². The average molecular weight is 428 g/mol. The maximum Gasteiger partial charge on any atom is 0.341 e. The van der Waals surface area contributed by atoms with Gasteiger partial charge in [0.05, 0.1) is 32.8 Å². The lowest BCUT2D eigenvalue weighted by atomic mass is 10.1. The number of nitrogens with zero attached hydrogens (tertiary/aromatic N) is 1. The van der Waals surface area contributed by atoms with Gasteiger partial charge < -0.3 is 20.5 Å². The number of non-ortho nitro benzene ring substituents is 1. The second kappa shape index (κ2) is 9.88. The van der Waals surface area contributed by atoms with Gasteiger partial charge in [-0.25, -0.2) is 4.79 Å². The molecule has 2 aromatic carbocycles. The summed E-state index contributed by atoms with van der Waals surface area (Å²) in [4.78, 5) is 34.6. The van der Waals surface area contributed by atoms with Crippen molar-refractivity contribution in [3.63, 3.8) is 0 Å². The predicted octanol–water partition coefficient (Wildman–Crippen LogP) is 3.10. The molecule has 0 heterocycles. The Hall–Kier alpha value is -2.88. The number of benzene rings is 2. The molecule has 0 aliphatic heterocycles. The van der Waals surface area contributed by atoms with Crippen LogP contribution in [0.2, 0.25) is 10.0 Å². The van der Waals surface area contributed by atoms with Crippen LogP contribution in [-0.4, -0.2) is 41.7 Å². The van der Waals surface area contributed by atoms with Crippen LogP contribution in [0.4, 0.5) is 17.1 Å². The summed E-state index contributed by atoms with van der Waals surface area (Å²) in [5.41, 5.74) is -0.0771. The molecule has 0 aliphatic rings. The Morgan fingerprint density at radius 2 is 1.86 bits per heavy atom. The number of anilines is 2. The highest BCUT2D eigenvalue weighted by atomic mass is 35.5. The Balaban J connectivity index is 2.10. The summed E-state index contributed by atoms with van der Waals surface area (Å²) in [6, 6.07) is 8.18. The maximum absolute atomic E-state index is 12.3. The van der Waals surface area contributed by atoms with Gasteiger partial charge in [0.2, 0.25) is 0 Å². The molecule has 0 saturated carbocycles. The molecular formula is C17H15Cl2N3O6. The van der Waals surface area contributed by atoms with E-state index in [-0.39, 0.29) is 45.8 Å². The van der Waals surface area contributed by atoms with E-state index in [1.807, 2.05) is 0 Å². The maximum atomic E-state index is 12.3. The van der Waals surface area contributed by atoms with Gasteiger partial charge >= 0.3 is 5.97 Å². The molecule has 9 nitrogen and oxygen atoms in total. The average Bonchev–Trinajstić information content (AvgIpc) is 2.67. The summed E-state index contributed by atoms with van der Waals surface area (Å²) < 4.78 is 4.93. The van der Waals surface area contributed by atoms with Crippen LogP contribution in [0.1, 0.15) is 10.4 Å². The molecule has 2 aromatic rings. The van der Waals surface area contributed by atoms with Crippen molar-refractivity contribution in [3.8, 4) is 0 Å². The second-order valence-electron chi connectivity index (χ2n) is 5.36. The number of ether oxygens (including phenoxy) is 1. The number of carbonyl (C=O) groups is 2. The molecule has 28 heavy (non-hydrogen) atoms. The molecule has 148 valence electrons. The van der Waals surface area contributed by atoms with Crippen molar-refractivity contribution in [1.29, 1.82) is 0 Å². The standard InChI is InChI=1S/C17H15Cl2N3O6/c18-12-2-1-3-13(19)16(12)21-15(24)9-28-17(25)11-8-10(22(26)27)4-5-14(11)20-6-7-23/h1-5,8,20,23H,6-7,9H2,(H,21,24). The Morgan fingerprint density at radius 3 is 2.46 bits per heavy atom. The Morgan fingerprint density at radius 1 is 1.18 bits per heavy atom. The van der Waals surface area contributed by atoms with E-state index in [9.17, 15) is 19.7 Å². The first-order valence-electron chi connectivity index (χ1n) is 7.87. The molecule has 0 bridgehead atoms. The van der Waals surface area contributed by atoms with Crippen LogP contribution in [-0.2, 0) is 9.53 Å². The number of amides is 1. The highest BCUT2D eigenvalue weighted by Gasteiger charge is 2.19. The molecule has 0 aromatic heterocycles. The van der Waals surface area contributed by atoms with Crippen LogP contribution in [0.3, 0.4) is 0 Å². The molecule has 0 spiro atoms. The van der Waals surface area contributed by atoms with Gasteiger partial charge in [0.25, 0.3) is 11.6 Å². The minimum atomic E-state index is -0.954. The third kappa shape index (κ3) is 5.56. The number of halogens is 2. The van der Waals surface area contributed by atoms with Crippen LogP contribution in [0.25, 0.3) is 0 Å². The Kier molecular flexibility index (Phi) is 7.56. The van der Waals surface area contributed by atoms with E-state index < -0.39 is 23.4 Å². The smallest absolute Gasteiger partial charge is 0.341 e. The van der Waals surface area contributed by atoms with Gasteiger partial charge in [-0.05, 0) is 18.2 Å². The van der Waals surface area contributed by atoms with Gasteiger partial charge in [-0.3, -0.25) is 14.9 Å². The summed E-state index contributed by atoms with van der Waals surface area (Å²) in [5.74, 6) is -1.65. The molecule has 2 rings (SSSR count). The molecule has 0 atom stereocenters. The largest absolute Gasteiger partial charge is 0.452 e.